The highest BCUT2D eigenvalue weighted by Gasteiger charge is 1.99. The quantitative estimate of drug-likeness (QED) is 0.0528. The Bertz CT molecular complexity index is 851. The predicted molar refractivity (Wildman–Crippen MR) is 360 cm³/mol. The van der Waals surface area contributed by atoms with E-state index in [1.807, 2.05) is 0 Å². The third kappa shape index (κ3) is 101. The Morgan fingerprint density at radius 3 is 0.377 bits per heavy atom. The lowest BCUT2D eigenvalue weighted by molar-refractivity contribution is 0.389. The predicted octanol–water partition coefficient (Wildman–Crippen LogP) is 24.6. The zero-order valence-electron chi connectivity index (χ0n) is 56.0. The summed E-state index contributed by atoms with van der Waals surface area (Å²) < 4.78 is 0. The largest absolute Gasteiger partial charge is 0.344 e. The zero-order chi connectivity index (χ0) is 56.4. The first-order valence-electron chi connectivity index (χ1n) is 36.1. The molecule has 0 aliphatic rings. The average molecular weight is 1100 g/mol. The zero-order valence-corrected chi connectivity index (χ0v) is 56.0. The standard InChI is InChI=1S/C20H43N.2C18H39N.C16H35N.H3N/c1-4-5-6-7-8-9-10-11-12-13-14-15-16-17-18-19-20-21(2)3;1-4-5-6-7-8-9-10-11-12-13-14-15-16-17-18-19(2)3;1-2-3-4-5-6-7-8-9-10-11-12-13-14-15-16-17-18-19;1-2-3-4-5-6-7-8-9-10-11-12-13-14-15-16-17;/h4-20H2,1-3H3;4-18H2,1-3H3;2-19H2,1H3;2-17H2,1H3;1H3. The Kier molecular flexibility index (Phi) is 96.8. The normalized spacial score (nSPS) is 11.1. The molecule has 0 aromatic heterocycles. The van der Waals surface area contributed by atoms with Gasteiger partial charge in [0, 0.05) is 0 Å². The van der Waals surface area contributed by atoms with Crippen molar-refractivity contribution in [2.24, 2.45) is 11.5 Å². The van der Waals surface area contributed by atoms with Crippen LogP contribution in [0.4, 0.5) is 0 Å². The Morgan fingerprint density at radius 1 is 0.169 bits per heavy atom. The summed E-state index contributed by atoms with van der Waals surface area (Å²) in [5.74, 6) is 0. The van der Waals surface area contributed by atoms with E-state index in [1.165, 1.54) is 398 Å². The molecule has 0 aliphatic heterocycles. The van der Waals surface area contributed by atoms with Gasteiger partial charge in [-0.05, 0) is 80.1 Å². The van der Waals surface area contributed by atoms with Gasteiger partial charge < -0.3 is 27.4 Å². The molecule has 0 bridgehead atoms. The van der Waals surface area contributed by atoms with E-state index in [1.54, 1.807) is 0 Å². The molecule has 0 heterocycles. The number of hydrogen-bond acceptors (Lipinski definition) is 5. The van der Waals surface area contributed by atoms with Gasteiger partial charge in [-0.1, -0.05) is 387 Å². The molecule has 7 N–H and O–H groups in total. The minimum absolute atomic E-state index is 0. The molecule has 0 radical (unpaired) electrons. The van der Waals surface area contributed by atoms with Crippen LogP contribution >= 0.6 is 0 Å². The molecule has 0 fully saturated rings. The number of nitrogens with two attached hydrogens (primary N) is 2. The van der Waals surface area contributed by atoms with Crippen LogP contribution in [0.15, 0.2) is 0 Å². The molecule has 77 heavy (non-hydrogen) atoms. The van der Waals surface area contributed by atoms with E-state index < -0.39 is 0 Å². The molecule has 0 saturated carbocycles. The van der Waals surface area contributed by atoms with Crippen LogP contribution in [0.5, 0.6) is 0 Å². The Labute approximate surface area is 492 Å². The van der Waals surface area contributed by atoms with Gasteiger partial charge in [0.15, 0.2) is 0 Å². The lowest BCUT2D eigenvalue weighted by Gasteiger charge is -2.08. The van der Waals surface area contributed by atoms with E-state index in [4.69, 9.17) is 11.5 Å². The molecule has 472 valence electrons. The third-order valence-corrected chi connectivity index (χ3v) is 16.0. The van der Waals surface area contributed by atoms with Gasteiger partial charge in [0.1, 0.15) is 0 Å². The van der Waals surface area contributed by atoms with Gasteiger partial charge in [-0.15, -0.1) is 0 Å². The van der Waals surface area contributed by atoms with Crippen molar-refractivity contribution in [2.45, 2.75) is 413 Å². The highest BCUT2D eigenvalue weighted by atomic mass is 15.0. The summed E-state index contributed by atoms with van der Waals surface area (Å²) in [5, 5.41) is 0. The molecule has 0 atom stereocenters. The van der Waals surface area contributed by atoms with Gasteiger partial charge in [0.25, 0.3) is 0 Å². The van der Waals surface area contributed by atoms with E-state index in [2.05, 4.69) is 65.7 Å². The van der Waals surface area contributed by atoms with Crippen LogP contribution in [0, 0.1) is 0 Å². The van der Waals surface area contributed by atoms with Crippen LogP contribution in [-0.4, -0.2) is 64.2 Å². The van der Waals surface area contributed by atoms with Crippen LogP contribution in [0.2, 0.25) is 0 Å². The fourth-order valence-electron chi connectivity index (χ4n) is 10.6. The van der Waals surface area contributed by atoms with E-state index >= 15 is 0 Å². The summed E-state index contributed by atoms with van der Waals surface area (Å²) in [6, 6.07) is 0. The number of unbranched alkanes of at least 4 members (excludes halogenated alkanes) is 56. The van der Waals surface area contributed by atoms with Gasteiger partial charge in [-0.25, -0.2) is 0 Å². The van der Waals surface area contributed by atoms with Crippen molar-refractivity contribution in [3.63, 3.8) is 0 Å². The molecule has 5 nitrogen and oxygen atoms in total. The lowest BCUT2D eigenvalue weighted by Crippen LogP contribution is -2.12. The van der Waals surface area contributed by atoms with Crippen molar-refractivity contribution in [3.8, 4) is 0 Å². The van der Waals surface area contributed by atoms with E-state index in [0.717, 1.165) is 13.1 Å². The van der Waals surface area contributed by atoms with Crippen molar-refractivity contribution in [1.82, 2.24) is 16.0 Å². The van der Waals surface area contributed by atoms with E-state index in [9.17, 15) is 0 Å². The monoisotopic (exact) mass is 1090 g/mol. The SMILES string of the molecule is CCCCCCCCCCCCCCCCCCN.CCCCCCCCCCCCCCCCCCN(C)C.CCCCCCCCCCCCCCCCN.CCCCCCCCCCCCCCCCN(C)C.N. The molecule has 0 rings (SSSR count). The topological polar surface area (TPSA) is 93.5 Å². The van der Waals surface area contributed by atoms with Crippen LogP contribution in [0.25, 0.3) is 0 Å². The molecular formula is C72H159N5. The second-order valence-corrected chi connectivity index (χ2v) is 25.0. The number of rotatable bonds is 62. The van der Waals surface area contributed by atoms with E-state index in [-0.39, 0.29) is 6.15 Å². The minimum Gasteiger partial charge on any atom is -0.344 e. The maximum atomic E-state index is 5.48. The Morgan fingerprint density at radius 2 is 0.273 bits per heavy atom. The first-order valence-corrected chi connectivity index (χ1v) is 36.1. The van der Waals surface area contributed by atoms with Gasteiger partial charge in [-0.2, -0.15) is 0 Å². The molecule has 0 aromatic carbocycles. The maximum absolute atomic E-state index is 5.48. The van der Waals surface area contributed by atoms with Gasteiger partial charge in [-0.3, -0.25) is 0 Å². The van der Waals surface area contributed by atoms with E-state index in [0.29, 0.717) is 0 Å². The Balaban J connectivity index is -0.000000299. The average Bonchev–Trinajstić information content (AvgIpc) is 3.41. The van der Waals surface area contributed by atoms with Crippen LogP contribution in [0.1, 0.15) is 413 Å². The van der Waals surface area contributed by atoms with Gasteiger partial charge in [0.05, 0.1) is 0 Å². The first-order chi connectivity index (χ1) is 37.4. The van der Waals surface area contributed by atoms with Crippen LogP contribution in [0.3, 0.4) is 0 Å². The lowest BCUT2D eigenvalue weighted by atomic mass is 10.0. The number of hydrogen-bond donors (Lipinski definition) is 3. The molecule has 0 aromatic rings. The highest BCUT2D eigenvalue weighted by molar-refractivity contribution is 4.55. The van der Waals surface area contributed by atoms with Crippen LogP contribution < -0.4 is 17.6 Å². The summed E-state index contributed by atoms with van der Waals surface area (Å²) in [4.78, 5) is 4.59. The van der Waals surface area contributed by atoms with Crippen molar-refractivity contribution < 1.29 is 0 Å². The summed E-state index contributed by atoms with van der Waals surface area (Å²) >= 11 is 0. The van der Waals surface area contributed by atoms with Gasteiger partial charge in [0.2, 0.25) is 0 Å². The smallest absolute Gasteiger partial charge is 0.00248 e. The van der Waals surface area contributed by atoms with Crippen molar-refractivity contribution >= 4 is 0 Å². The summed E-state index contributed by atoms with van der Waals surface area (Å²) in [7, 11) is 8.68. The van der Waals surface area contributed by atoms with Crippen molar-refractivity contribution in [2.75, 3.05) is 54.4 Å². The molecule has 0 amide bonds. The molecule has 0 unspecified atom stereocenters. The minimum atomic E-state index is 0. The Hall–Kier alpha value is -0.200. The molecule has 0 spiro atoms. The highest BCUT2D eigenvalue weighted by Crippen LogP contribution is 2.17. The molecular weight excluding hydrogens is 935 g/mol. The summed E-state index contributed by atoms with van der Waals surface area (Å²) in [6.07, 6.45) is 86.3. The first kappa shape index (κ1) is 85.6. The molecule has 5 heteroatoms. The van der Waals surface area contributed by atoms with Gasteiger partial charge >= 0.3 is 0 Å². The summed E-state index contributed by atoms with van der Waals surface area (Å²) in [6.45, 7) is 13.4. The number of nitrogens with zero attached hydrogens (tertiary/aromatic N) is 2. The third-order valence-electron chi connectivity index (χ3n) is 16.0. The second kappa shape index (κ2) is 87.0. The molecule has 0 saturated heterocycles. The fraction of sp³-hybridized carbons (Fsp3) is 1.00. The van der Waals surface area contributed by atoms with Crippen molar-refractivity contribution in [3.05, 3.63) is 0 Å². The van der Waals surface area contributed by atoms with Crippen LogP contribution in [-0.2, 0) is 0 Å². The molecule has 0 aliphatic carbocycles. The maximum Gasteiger partial charge on any atom is -0.00248 e. The summed E-state index contributed by atoms with van der Waals surface area (Å²) in [5.41, 5.74) is 11.0. The van der Waals surface area contributed by atoms with Crippen molar-refractivity contribution in [1.29, 1.82) is 0 Å². The fourth-order valence-corrected chi connectivity index (χ4v) is 10.6. The second-order valence-electron chi connectivity index (χ2n) is 25.0.